The number of hydroxylamine groups is 1. The van der Waals surface area contributed by atoms with Crippen molar-refractivity contribution in [3.05, 3.63) is 77.4 Å². The molecule has 0 spiro atoms. The van der Waals surface area contributed by atoms with Crippen LogP contribution in [-0.4, -0.2) is 48.0 Å². The van der Waals surface area contributed by atoms with E-state index in [1.807, 2.05) is 36.4 Å². The van der Waals surface area contributed by atoms with Gasteiger partial charge in [-0.05, 0) is 67.4 Å². The molecule has 1 aliphatic heterocycles. The molecular weight excluding hydrogens is 380 g/mol. The maximum Gasteiger partial charge on any atom is 0.267 e. The van der Waals surface area contributed by atoms with E-state index in [9.17, 15) is 9.59 Å². The molecule has 6 nitrogen and oxygen atoms in total. The lowest BCUT2D eigenvalue weighted by molar-refractivity contribution is -0.124. The first-order valence-electron chi connectivity index (χ1n) is 9.93. The number of piperidine rings is 1. The summed E-state index contributed by atoms with van der Waals surface area (Å²) < 4.78 is 6.02. The minimum absolute atomic E-state index is 0.0792. The Bertz CT molecular complexity index is 909. The van der Waals surface area contributed by atoms with E-state index in [1.54, 1.807) is 24.3 Å². The number of hydrogen-bond donors (Lipinski definition) is 2. The van der Waals surface area contributed by atoms with Crippen LogP contribution < -0.4 is 10.2 Å². The highest BCUT2D eigenvalue weighted by Crippen LogP contribution is 2.19. The molecule has 3 rings (SSSR count). The van der Waals surface area contributed by atoms with Crippen molar-refractivity contribution in [1.29, 1.82) is 0 Å². The molecule has 1 aliphatic rings. The van der Waals surface area contributed by atoms with Crippen molar-refractivity contribution in [3.8, 4) is 5.75 Å². The number of benzene rings is 2. The predicted molar refractivity (Wildman–Crippen MR) is 116 cm³/mol. The summed E-state index contributed by atoms with van der Waals surface area (Å²) in [5, 5.41) is 8.47. The molecule has 1 amide bonds. The van der Waals surface area contributed by atoms with E-state index in [0.717, 1.165) is 42.8 Å². The minimum atomic E-state index is -0.590. The van der Waals surface area contributed by atoms with Gasteiger partial charge in [-0.3, -0.25) is 14.8 Å². The number of hydrogen-bond acceptors (Lipinski definition) is 5. The predicted octanol–water partition coefficient (Wildman–Crippen LogP) is 3.57. The Kier molecular flexibility index (Phi) is 7.54. The monoisotopic (exact) mass is 406 g/mol. The lowest BCUT2D eigenvalue weighted by Crippen LogP contribution is -2.35. The highest BCUT2D eigenvalue weighted by molar-refractivity contribution is 6.06. The van der Waals surface area contributed by atoms with Gasteiger partial charge in [0.1, 0.15) is 11.9 Å². The fourth-order valence-corrected chi connectivity index (χ4v) is 3.19. The zero-order valence-corrected chi connectivity index (χ0v) is 17.0. The third-order valence-electron chi connectivity index (χ3n) is 5.01. The summed E-state index contributed by atoms with van der Waals surface area (Å²) in [6.07, 6.45) is 8.37. The van der Waals surface area contributed by atoms with Gasteiger partial charge in [0.15, 0.2) is 5.78 Å². The maximum atomic E-state index is 12.4. The average molecular weight is 406 g/mol. The first-order valence-corrected chi connectivity index (χ1v) is 9.93. The van der Waals surface area contributed by atoms with Crippen LogP contribution in [0, 0.1) is 0 Å². The minimum Gasteiger partial charge on any atom is -0.490 e. The summed E-state index contributed by atoms with van der Waals surface area (Å²) in [4.78, 5) is 25.7. The van der Waals surface area contributed by atoms with Gasteiger partial charge in [0, 0.05) is 24.7 Å². The van der Waals surface area contributed by atoms with Gasteiger partial charge in [-0.2, -0.15) is 0 Å². The van der Waals surface area contributed by atoms with E-state index in [1.165, 1.54) is 17.6 Å². The molecule has 0 unspecified atom stereocenters. The van der Waals surface area contributed by atoms with Crippen molar-refractivity contribution in [3.63, 3.8) is 0 Å². The molecule has 2 aromatic carbocycles. The van der Waals surface area contributed by atoms with Crippen LogP contribution in [0.4, 0.5) is 0 Å². The SMILES string of the molecule is CN1CCC(Oc2ccc(C(=O)/C=C/c3ccc(/C=C/C(=O)NO)cc3)cc2)CC1. The highest BCUT2D eigenvalue weighted by Gasteiger charge is 2.18. The Balaban J connectivity index is 1.54. The standard InChI is InChI=1S/C24H26N2O4/c1-26-16-14-22(15-17-26)30-21-10-8-20(9-11-21)23(27)12-6-18-2-4-19(5-3-18)7-13-24(28)25-29/h2-13,22,29H,14-17H2,1H3,(H,25,28)/b12-6+,13-7+. The topological polar surface area (TPSA) is 78.9 Å². The van der Waals surface area contributed by atoms with Crippen LogP contribution in [0.25, 0.3) is 12.2 Å². The summed E-state index contributed by atoms with van der Waals surface area (Å²) in [5.74, 6) is 0.125. The van der Waals surface area contributed by atoms with Crippen LogP contribution >= 0.6 is 0 Å². The number of amides is 1. The van der Waals surface area contributed by atoms with Gasteiger partial charge in [-0.25, -0.2) is 5.48 Å². The first-order chi connectivity index (χ1) is 14.5. The molecule has 1 saturated heterocycles. The molecule has 0 atom stereocenters. The third kappa shape index (κ3) is 6.40. The number of nitrogens with zero attached hydrogens (tertiary/aromatic N) is 1. The number of likely N-dealkylation sites (tertiary alicyclic amines) is 1. The second-order valence-electron chi connectivity index (χ2n) is 7.32. The summed E-state index contributed by atoms with van der Waals surface area (Å²) in [7, 11) is 2.12. The van der Waals surface area contributed by atoms with E-state index in [2.05, 4.69) is 11.9 Å². The fourth-order valence-electron chi connectivity index (χ4n) is 3.19. The molecule has 1 heterocycles. The van der Waals surface area contributed by atoms with Gasteiger partial charge < -0.3 is 9.64 Å². The molecule has 0 radical (unpaired) electrons. The van der Waals surface area contributed by atoms with Gasteiger partial charge in [-0.1, -0.05) is 30.3 Å². The summed E-state index contributed by atoms with van der Waals surface area (Å²) in [6.45, 7) is 2.09. The fraction of sp³-hybridized carbons (Fsp3) is 0.250. The molecule has 2 aromatic rings. The molecule has 1 fully saturated rings. The number of nitrogens with one attached hydrogen (secondary N) is 1. The van der Waals surface area contributed by atoms with Crippen LogP contribution in [0.1, 0.15) is 34.3 Å². The molecule has 30 heavy (non-hydrogen) atoms. The van der Waals surface area contributed by atoms with Crippen LogP contribution in [-0.2, 0) is 4.79 Å². The molecule has 0 aromatic heterocycles. The summed E-state index contributed by atoms with van der Waals surface area (Å²) in [6, 6.07) is 14.6. The Hall–Kier alpha value is -3.22. The van der Waals surface area contributed by atoms with Crippen molar-refractivity contribution in [2.24, 2.45) is 0 Å². The maximum absolute atomic E-state index is 12.4. The van der Waals surface area contributed by atoms with Gasteiger partial charge in [0.25, 0.3) is 5.91 Å². The first kappa shape index (κ1) is 21.5. The lowest BCUT2D eigenvalue weighted by atomic mass is 10.1. The van der Waals surface area contributed by atoms with Crippen molar-refractivity contribution < 1.29 is 19.5 Å². The number of rotatable bonds is 7. The van der Waals surface area contributed by atoms with Crippen LogP contribution in [0.15, 0.2) is 60.7 Å². The Morgan fingerprint density at radius 1 is 0.967 bits per heavy atom. The normalized spacial score (nSPS) is 15.5. The molecule has 156 valence electrons. The van der Waals surface area contributed by atoms with Crippen molar-refractivity contribution in [1.82, 2.24) is 10.4 Å². The van der Waals surface area contributed by atoms with E-state index in [0.29, 0.717) is 5.56 Å². The molecular formula is C24H26N2O4. The van der Waals surface area contributed by atoms with E-state index < -0.39 is 5.91 Å². The highest BCUT2D eigenvalue weighted by atomic mass is 16.5. The lowest BCUT2D eigenvalue weighted by Gasteiger charge is -2.29. The number of carbonyl (C=O) groups is 2. The van der Waals surface area contributed by atoms with Crippen LogP contribution in [0.2, 0.25) is 0 Å². The van der Waals surface area contributed by atoms with Gasteiger partial charge in [-0.15, -0.1) is 0 Å². The second kappa shape index (κ2) is 10.5. The Morgan fingerprint density at radius 2 is 1.53 bits per heavy atom. The second-order valence-corrected chi connectivity index (χ2v) is 7.32. The molecule has 2 N–H and O–H groups in total. The molecule has 0 bridgehead atoms. The summed E-state index contributed by atoms with van der Waals surface area (Å²) >= 11 is 0. The Morgan fingerprint density at radius 3 is 2.10 bits per heavy atom. The van der Waals surface area contributed by atoms with Gasteiger partial charge in [0.05, 0.1) is 0 Å². The van der Waals surface area contributed by atoms with Crippen molar-refractivity contribution in [2.45, 2.75) is 18.9 Å². The largest absolute Gasteiger partial charge is 0.490 e. The van der Waals surface area contributed by atoms with Crippen LogP contribution in [0.5, 0.6) is 5.75 Å². The number of ether oxygens (including phenoxy) is 1. The smallest absolute Gasteiger partial charge is 0.267 e. The average Bonchev–Trinajstić information content (AvgIpc) is 2.78. The Labute approximate surface area is 176 Å². The molecule has 0 saturated carbocycles. The number of allylic oxidation sites excluding steroid dienone is 1. The molecule has 0 aliphatic carbocycles. The summed E-state index contributed by atoms with van der Waals surface area (Å²) in [5.41, 5.74) is 3.82. The molecule has 6 heteroatoms. The van der Waals surface area contributed by atoms with Crippen molar-refractivity contribution >= 4 is 23.8 Å². The van der Waals surface area contributed by atoms with Gasteiger partial charge >= 0.3 is 0 Å². The quantitative estimate of drug-likeness (QED) is 0.318. The van der Waals surface area contributed by atoms with Crippen molar-refractivity contribution in [2.75, 3.05) is 20.1 Å². The third-order valence-corrected chi connectivity index (χ3v) is 5.01. The number of carbonyl (C=O) groups excluding carboxylic acids is 2. The van der Waals surface area contributed by atoms with E-state index in [-0.39, 0.29) is 11.9 Å². The van der Waals surface area contributed by atoms with E-state index in [4.69, 9.17) is 9.94 Å². The number of ketones is 1. The van der Waals surface area contributed by atoms with Gasteiger partial charge in [0.2, 0.25) is 0 Å². The zero-order chi connectivity index (χ0) is 21.3. The zero-order valence-electron chi connectivity index (χ0n) is 17.0. The van der Waals surface area contributed by atoms with E-state index >= 15 is 0 Å². The van der Waals surface area contributed by atoms with Crippen LogP contribution in [0.3, 0.4) is 0 Å².